The van der Waals surface area contributed by atoms with Gasteiger partial charge in [0.2, 0.25) is 0 Å². The molecule has 0 unspecified atom stereocenters. The van der Waals surface area contributed by atoms with Gasteiger partial charge in [0.05, 0.1) is 32.7 Å². The highest BCUT2D eigenvalue weighted by Crippen LogP contribution is 2.41. The average Bonchev–Trinajstić information content (AvgIpc) is 3.21. The molecule has 0 fully saturated rings. The second-order valence-electron chi connectivity index (χ2n) is 12.1. The standard InChI is InChI=1S/C40H35NO2.C8H11NO.CH4.H2/c1-42-38-29-30-39(40(31-38)43-2)41(36-25-21-34(22-26-36)19-11-9-17-32-13-5-3-6-14-32)37-27-23-35(24-28-37)20-12-10-18-33-15-7-4-8-16-33;1-6-3-4-7(9)8(5-6)10-2;;/h3-31H,1-2H3;3-5H,9H2,1-2H3;1H4;1H/b17-9+,18-10+,19-11+,20-12+;;;. The molecular weight excluding hydrogens is 665 g/mol. The first-order valence-corrected chi connectivity index (χ1v) is 17.4. The zero-order valence-corrected chi connectivity index (χ0v) is 30.7. The molecular formula is C49H52N2O3. The molecule has 0 radical (unpaired) electrons. The maximum atomic E-state index is 5.80. The Morgan fingerprint density at radius 2 is 0.926 bits per heavy atom. The highest BCUT2D eigenvalue weighted by molar-refractivity contribution is 5.81. The van der Waals surface area contributed by atoms with Gasteiger partial charge in [-0.25, -0.2) is 0 Å². The van der Waals surface area contributed by atoms with Gasteiger partial charge in [0.1, 0.15) is 17.2 Å². The highest BCUT2D eigenvalue weighted by atomic mass is 16.5. The first-order chi connectivity index (χ1) is 26.0. The molecule has 54 heavy (non-hydrogen) atoms. The van der Waals surface area contributed by atoms with Gasteiger partial charge in [-0.2, -0.15) is 0 Å². The fourth-order valence-corrected chi connectivity index (χ4v) is 5.48. The van der Waals surface area contributed by atoms with Crippen LogP contribution in [-0.2, 0) is 0 Å². The van der Waals surface area contributed by atoms with E-state index in [1.165, 1.54) is 11.1 Å². The summed E-state index contributed by atoms with van der Waals surface area (Å²) in [5, 5.41) is 0. The van der Waals surface area contributed by atoms with E-state index in [0.717, 1.165) is 51.0 Å². The minimum absolute atomic E-state index is 0. The van der Waals surface area contributed by atoms with Gasteiger partial charge in [-0.05, 0) is 83.3 Å². The number of hydrogen-bond acceptors (Lipinski definition) is 5. The quantitative estimate of drug-likeness (QED) is 0.101. The van der Waals surface area contributed by atoms with Crippen molar-refractivity contribution in [2.45, 2.75) is 14.4 Å². The summed E-state index contributed by atoms with van der Waals surface area (Å²) >= 11 is 0. The van der Waals surface area contributed by atoms with E-state index < -0.39 is 0 Å². The number of allylic oxidation sites excluding steroid dienone is 4. The maximum absolute atomic E-state index is 5.80. The van der Waals surface area contributed by atoms with Crippen LogP contribution in [0.2, 0.25) is 0 Å². The number of nitrogens with zero attached hydrogens (tertiary/aromatic N) is 1. The molecule has 6 aromatic rings. The van der Waals surface area contributed by atoms with Crippen molar-refractivity contribution in [3.8, 4) is 17.2 Å². The molecule has 0 heterocycles. The summed E-state index contributed by atoms with van der Waals surface area (Å²) in [4.78, 5) is 2.20. The third-order valence-electron chi connectivity index (χ3n) is 8.30. The summed E-state index contributed by atoms with van der Waals surface area (Å²) < 4.78 is 16.3. The van der Waals surface area contributed by atoms with Crippen LogP contribution < -0.4 is 24.8 Å². The predicted octanol–water partition coefficient (Wildman–Crippen LogP) is 13.1. The molecule has 0 saturated carbocycles. The first kappa shape index (κ1) is 40.1. The summed E-state index contributed by atoms with van der Waals surface area (Å²) in [5.41, 5.74) is 15.0. The van der Waals surface area contributed by atoms with Crippen molar-refractivity contribution in [2.75, 3.05) is 32.0 Å². The zero-order chi connectivity index (χ0) is 37.3. The predicted molar refractivity (Wildman–Crippen MR) is 234 cm³/mol. The van der Waals surface area contributed by atoms with E-state index >= 15 is 0 Å². The van der Waals surface area contributed by atoms with E-state index in [4.69, 9.17) is 19.9 Å². The zero-order valence-electron chi connectivity index (χ0n) is 30.7. The van der Waals surface area contributed by atoms with Gasteiger partial charge in [-0.15, -0.1) is 0 Å². The van der Waals surface area contributed by atoms with E-state index in [2.05, 4.69) is 126 Å². The molecule has 0 aliphatic rings. The number of nitrogen functional groups attached to an aromatic ring is 1. The fourth-order valence-electron chi connectivity index (χ4n) is 5.48. The molecule has 0 amide bonds. The van der Waals surface area contributed by atoms with Crippen LogP contribution in [0.4, 0.5) is 22.7 Å². The first-order valence-electron chi connectivity index (χ1n) is 17.4. The van der Waals surface area contributed by atoms with Crippen molar-refractivity contribution >= 4 is 47.1 Å². The van der Waals surface area contributed by atoms with E-state index in [0.29, 0.717) is 5.69 Å². The topological polar surface area (TPSA) is 57.0 Å². The number of anilines is 4. The Hall–Kier alpha value is -6.72. The molecule has 2 N–H and O–H groups in total. The van der Waals surface area contributed by atoms with Gasteiger partial charge in [0, 0.05) is 18.9 Å². The lowest BCUT2D eigenvalue weighted by Crippen LogP contribution is -2.11. The molecule has 0 bridgehead atoms. The monoisotopic (exact) mass is 716 g/mol. The van der Waals surface area contributed by atoms with Crippen LogP contribution in [0.1, 0.15) is 36.7 Å². The third kappa shape index (κ3) is 11.7. The number of aryl methyl sites for hydroxylation is 1. The Morgan fingerprint density at radius 3 is 1.33 bits per heavy atom. The normalized spacial score (nSPS) is 11.0. The SMILES string of the molecule is C.COc1cc(C)ccc1N.COc1ccc(N(c2ccc(/C=C/C=C/c3ccccc3)cc2)c2ccc(/C=C/C=C/c3ccccc3)cc2)c(OC)c1.[HH]. The molecule has 276 valence electrons. The van der Waals surface area contributed by atoms with E-state index in [1.54, 1.807) is 21.3 Å². The largest absolute Gasteiger partial charge is 0.497 e. The Balaban J connectivity index is 0.000000590. The average molecular weight is 717 g/mol. The maximum Gasteiger partial charge on any atom is 0.146 e. The van der Waals surface area contributed by atoms with Crippen molar-refractivity contribution in [3.63, 3.8) is 0 Å². The van der Waals surface area contributed by atoms with E-state index in [1.807, 2.05) is 79.7 Å². The van der Waals surface area contributed by atoms with Gasteiger partial charge >= 0.3 is 0 Å². The third-order valence-corrected chi connectivity index (χ3v) is 8.30. The minimum Gasteiger partial charge on any atom is -0.497 e. The summed E-state index contributed by atoms with van der Waals surface area (Å²) in [6.45, 7) is 2.00. The minimum atomic E-state index is 0. The Bertz CT molecular complexity index is 2040. The van der Waals surface area contributed by atoms with E-state index in [-0.39, 0.29) is 8.85 Å². The Labute approximate surface area is 323 Å². The molecule has 0 atom stereocenters. The molecule has 0 aliphatic carbocycles. The van der Waals surface area contributed by atoms with Gasteiger partial charge in [0.25, 0.3) is 0 Å². The molecule has 0 aliphatic heterocycles. The second kappa shape index (κ2) is 21.0. The number of benzene rings is 6. The number of methoxy groups -OCH3 is 3. The van der Waals surface area contributed by atoms with Crippen molar-refractivity contribution in [1.82, 2.24) is 0 Å². The van der Waals surface area contributed by atoms with Crippen molar-refractivity contribution in [2.24, 2.45) is 0 Å². The number of ether oxygens (including phenoxy) is 3. The Morgan fingerprint density at radius 1 is 0.481 bits per heavy atom. The van der Waals surface area contributed by atoms with Crippen LogP contribution >= 0.6 is 0 Å². The van der Waals surface area contributed by atoms with Crippen molar-refractivity contribution in [1.29, 1.82) is 0 Å². The second-order valence-corrected chi connectivity index (χ2v) is 12.1. The summed E-state index contributed by atoms with van der Waals surface area (Å²) in [6, 6.07) is 49.2. The lowest BCUT2D eigenvalue weighted by molar-refractivity contribution is 0.395. The number of nitrogens with two attached hydrogens (primary N) is 1. The molecule has 6 aromatic carbocycles. The van der Waals surface area contributed by atoms with E-state index in [9.17, 15) is 0 Å². The van der Waals surface area contributed by atoms with Crippen LogP contribution in [-0.4, -0.2) is 21.3 Å². The lowest BCUT2D eigenvalue weighted by atomic mass is 10.1. The molecule has 0 saturated heterocycles. The molecule has 0 spiro atoms. The fraction of sp³-hybridized carbons (Fsp3) is 0.102. The molecule has 6 rings (SSSR count). The Kier molecular flexibility index (Phi) is 15.5. The number of hydrogen-bond donors (Lipinski definition) is 1. The van der Waals surface area contributed by atoms with Gasteiger partial charge in [-0.3, -0.25) is 0 Å². The van der Waals surface area contributed by atoms with Gasteiger partial charge in [-0.1, -0.05) is 147 Å². The smallest absolute Gasteiger partial charge is 0.146 e. The van der Waals surface area contributed by atoms with Crippen molar-refractivity contribution < 1.29 is 15.6 Å². The summed E-state index contributed by atoms with van der Waals surface area (Å²) in [5.74, 6) is 2.22. The summed E-state index contributed by atoms with van der Waals surface area (Å²) in [6.07, 6.45) is 16.7. The van der Waals surface area contributed by atoms with Crippen molar-refractivity contribution in [3.05, 3.63) is 198 Å². The molecule has 5 heteroatoms. The van der Waals surface area contributed by atoms with Crippen LogP contribution in [0.5, 0.6) is 17.2 Å². The van der Waals surface area contributed by atoms with Crippen LogP contribution in [0.3, 0.4) is 0 Å². The lowest BCUT2D eigenvalue weighted by Gasteiger charge is -2.27. The van der Waals surface area contributed by atoms with Crippen LogP contribution in [0.15, 0.2) is 170 Å². The number of rotatable bonds is 12. The van der Waals surface area contributed by atoms with Gasteiger partial charge in [0.15, 0.2) is 0 Å². The van der Waals surface area contributed by atoms with Gasteiger partial charge < -0.3 is 24.8 Å². The van der Waals surface area contributed by atoms with Crippen LogP contribution in [0, 0.1) is 6.92 Å². The molecule has 0 aromatic heterocycles. The van der Waals surface area contributed by atoms with Crippen LogP contribution in [0.25, 0.3) is 24.3 Å². The summed E-state index contributed by atoms with van der Waals surface area (Å²) in [7, 11) is 4.96. The highest BCUT2D eigenvalue weighted by Gasteiger charge is 2.17. The molecule has 5 nitrogen and oxygen atoms in total.